The van der Waals surface area contributed by atoms with Crippen LogP contribution in [0.3, 0.4) is 0 Å². The predicted molar refractivity (Wildman–Crippen MR) is 97.4 cm³/mol. The number of hydrogen-bond acceptors (Lipinski definition) is 6. The second-order valence-corrected chi connectivity index (χ2v) is 6.31. The second-order valence-electron chi connectivity index (χ2n) is 5.45. The first kappa shape index (κ1) is 17.0. The number of fused-ring (bicyclic) bond motifs is 1. The number of nitrogens with zero attached hydrogens (tertiary/aromatic N) is 1. The fourth-order valence-electron chi connectivity index (χ4n) is 2.88. The lowest BCUT2D eigenvalue weighted by molar-refractivity contribution is 0.354. The molecule has 0 saturated carbocycles. The number of anilines is 1. The molecule has 7 heteroatoms. The van der Waals surface area contributed by atoms with Crippen LogP contribution in [0.25, 0.3) is 0 Å². The molecule has 2 aromatic rings. The van der Waals surface area contributed by atoms with Gasteiger partial charge in [0.05, 0.1) is 20.1 Å². The predicted octanol–water partition coefficient (Wildman–Crippen LogP) is 3.27. The largest absolute Gasteiger partial charge is 0.493 e. The van der Waals surface area contributed by atoms with Crippen molar-refractivity contribution >= 4 is 21.6 Å². The van der Waals surface area contributed by atoms with Crippen LogP contribution in [0.4, 0.5) is 5.69 Å². The smallest absolute Gasteiger partial charge is 0.205 e. The number of halogens is 1. The van der Waals surface area contributed by atoms with Crippen molar-refractivity contribution in [2.75, 3.05) is 20.0 Å². The molecule has 0 spiro atoms. The van der Waals surface area contributed by atoms with E-state index in [0.717, 1.165) is 15.6 Å². The van der Waals surface area contributed by atoms with Gasteiger partial charge in [-0.15, -0.1) is 0 Å². The van der Waals surface area contributed by atoms with Crippen LogP contribution < -0.4 is 25.7 Å². The van der Waals surface area contributed by atoms with Crippen LogP contribution in [0.5, 0.6) is 17.2 Å². The third-order valence-electron chi connectivity index (χ3n) is 4.06. The van der Waals surface area contributed by atoms with E-state index in [1.165, 1.54) is 0 Å². The monoisotopic (exact) mass is 401 g/mol. The summed E-state index contributed by atoms with van der Waals surface area (Å²) >= 11 is 3.56. The van der Waals surface area contributed by atoms with Crippen LogP contribution in [0.2, 0.25) is 0 Å². The van der Waals surface area contributed by atoms with Gasteiger partial charge in [0, 0.05) is 21.8 Å². The van der Waals surface area contributed by atoms with Gasteiger partial charge in [-0.25, -0.2) is 0 Å². The van der Waals surface area contributed by atoms with E-state index >= 15 is 0 Å². The van der Waals surface area contributed by atoms with E-state index in [1.807, 2.05) is 12.1 Å². The van der Waals surface area contributed by atoms with E-state index in [4.69, 9.17) is 25.7 Å². The molecule has 1 atom stereocenters. The molecule has 0 aliphatic carbocycles. The lowest BCUT2D eigenvalue weighted by atomic mass is 9.83. The molecule has 0 amide bonds. The molecule has 3 rings (SSSR count). The number of benzene rings is 2. The molecule has 2 aromatic carbocycles. The second kappa shape index (κ2) is 6.57. The highest BCUT2D eigenvalue weighted by Gasteiger charge is 2.32. The zero-order chi connectivity index (χ0) is 18.1. The van der Waals surface area contributed by atoms with Crippen LogP contribution in [0.15, 0.2) is 46.3 Å². The van der Waals surface area contributed by atoms with Crippen molar-refractivity contribution in [1.29, 1.82) is 5.26 Å². The molecule has 0 aromatic heterocycles. The summed E-state index contributed by atoms with van der Waals surface area (Å²) in [7, 11) is 3.12. The number of allylic oxidation sites excluding steroid dienone is 1. The standard InChI is InChI=1S/C18H16BrN3O3/c1-23-15-6-11(13(19)7-16(15)24-2)17-10-4-3-9(21)5-14(10)25-18(22)12(17)8-20/h3-7,17H,21-22H2,1-2H3. The van der Waals surface area contributed by atoms with Gasteiger partial charge in [-0.05, 0) is 23.8 Å². The molecule has 6 nitrogen and oxygen atoms in total. The van der Waals surface area contributed by atoms with Gasteiger partial charge >= 0.3 is 0 Å². The molecular weight excluding hydrogens is 386 g/mol. The molecule has 25 heavy (non-hydrogen) atoms. The Morgan fingerprint density at radius 3 is 2.40 bits per heavy atom. The summed E-state index contributed by atoms with van der Waals surface area (Å²) in [5.41, 5.74) is 14.3. The summed E-state index contributed by atoms with van der Waals surface area (Å²) in [4.78, 5) is 0. The summed E-state index contributed by atoms with van der Waals surface area (Å²) in [5.74, 6) is 1.32. The van der Waals surface area contributed by atoms with Crippen molar-refractivity contribution in [3.63, 3.8) is 0 Å². The van der Waals surface area contributed by atoms with E-state index in [0.29, 0.717) is 28.5 Å². The Kier molecular flexibility index (Phi) is 4.47. The first-order valence-electron chi connectivity index (χ1n) is 7.38. The molecule has 1 aliphatic rings. The maximum absolute atomic E-state index is 9.63. The van der Waals surface area contributed by atoms with E-state index in [-0.39, 0.29) is 5.88 Å². The molecule has 0 radical (unpaired) electrons. The Bertz CT molecular complexity index is 919. The van der Waals surface area contributed by atoms with Gasteiger partial charge in [-0.2, -0.15) is 5.26 Å². The number of nitrogens with two attached hydrogens (primary N) is 2. The van der Waals surface area contributed by atoms with Crippen LogP contribution in [0, 0.1) is 11.3 Å². The topological polar surface area (TPSA) is 104 Å². The molecule has 128 valence electrons. The summed E-state index contributed by atoms with van der Waals surface area (Å²) in [6.07, 6.45) is 0. The highest BCUT2D eigenvalue weighted by Crippen LogP contribution is 2.47. The average molecular weight is 402 g/mol. The van der Waals surface area contributed by atoms with Crippen molar-refractivity contribution < 1.29 is 14.2 Å². The molecule has 0 saturated heterocycles. The molecule has 1 heterocycles. The minimum Gasteiger partial charge on any atom is -0.493 e. The first-order valence-corrected chi connectivity index (χ1v) is 8.17. The minimum atomic E-state index is -0.413. The Balaban J connectivity index is 2.27. The highest BCUT2D eigenvalue weighted by molar-refractivity contribution is 9.10. The molecule has 0 fully saturated rings. The number of nitrogen functional groups attached to an aromatic ring is 1. The quantitative estimate of drug-likeness (QED) is 0.764. The molecule has 0 bridgehead atoms. The fourth-order valence-corrected chi connectivity index (χ4v) is 3.43. The number of hydrogen-bond donors (Lipinski definition) is 2. The van der Waals surface area contributed by atoms with Crippen molar-refractivity contribution in [3.05, 3.63) is 57.4 Å². The van der Waals surface area contributed by atoms with Gasteiger partial charge in [-0.3, -0.25) is 0 Å². The van der Waals surface area contributed by atoms with Crippen molar-refractivity contribution in [3.8, 4) is 23.3 Å². The van der Waals surface area contributed by atoms with Crippen LogP contribution >= 0.6 is 15.9 Å². The number of rotatable bonds is 3. The van der Waals surface area contributed by atoms with Crippen molar-refractivity contribution in [1.82, 2.24) is 0 Å². The summed E-state index contributed by atoms with van der Waals surface area (Å²) < 4.78 is 17.1. The zero-order valence-corrected chi connectivity index (χ0v) is 15.3. The Labute approximate surface area is 153 Å². The van der Waals surface area contributed by atoms with Gasteiger partial charge in [-0.1, -0.05) is 22.0 Å². The van der Waals surface area contributed by atoms with Crippen LogP contribution in [-0.4, -0.2) is 14.2 Å². The van der Waals surface area contributed by atoms with Crippen LogP contribution in [0.1, 0.15) is 17.0 Å². The number of ether oxygens (including phenoxy) is 3. The van der Waals surface area contributed by atoms with Crippen molar-refractivity contribution in [2.45, 2.75) is 5.92 Å². The Hall–Kier alpha value is -2.85. The van der Waals surface area contributed by atoms with Gasteiger partial charge in [0.25, 0.3) is 0 Å². The third kappa shape index (κ3) is 2.85. The van der Waals surface area contributed by atoms with Crippen molar-refractivity contribution in [2.24, 2.45) is 5.73 Å². The lowest BCUT2D eigenvalue weighted by Gasteiger charge is -2.27. The van der Waals surface area contributed by atoms with E-state index in [9.17, 15) is 5.26 Å². The first-order chi connectivity index (χ1) is 12.0. The van der Waals surface area contributed by atoms with Crippen LogP contribution in [-0.2, 0) is 0 Å². The van der Waals surface area contributed by atoms with Gasteiger partial charge in [0.15, 0.2) is 11.5 Å². The van der Waals surface area contributed by atoms with Gasteiger partial charge < -0.3 is 25.7 Å². The molecule has 1 unspecified atom stereocenters. The maximum atomic E-state index is 9.63. The normalized spacial score (nSPS) is 15.8. The number of methoxy groups -OCH3 is 2. The molecule has 1 aliphatic heterocycles. The highest BCUT2D eigenvalue weighted by atomic mass is 79.9. The average Bonchev–Trinajstić information content (AvgIpc) is 2.60. The zero-order valence-electron chi connectivity index (χ0n) is 13.7. The summed E-state index contributed by atoms with van der Waals surface area (Å²) in [6.45, 7) is 0. The Morgan fingerprint density at radius 2 is 1.76 bits per heavy atom. The summed E-state index contributed by atoms with van der Waals surface area (Å²) in [6, 6.07) is 11.1. The fraction of sp³-hybridized carbons (Fsp3) is 0.167. The summed E-state index contributed by atoms with van der Waals surface area (Å²) in [5, 5.41) is 9.63. The maximum Gasteiger partial charge on any atom is 0.205 e. The van der Waals surface area contributed by atoms with Gasteiger partial charge in [0.2, 0.25) is 5.88 Å². The third-order valence-corrected chi connectivity index (χ3v) is 4.74. The lowest BCUT2D eigenvalue weighted by Crippen LogP contribution is -2.21. The molecular formula is C18H16BrN3O3. The number of nitriles is 1. The van der Waals surface area contributed by atoms with E-state index < -0.39 is 5.92 Å². The molecule has 4 N–H and O–H groups in total. The minimum absolute atomic E-state index is 0.0623. The Morgan fingerprint density at radius 1 is 1.08 bits per heavy atom. The SMILES string of the molecule is COc1cc(Br)c(C2C(C#N)=C(N)Oc3cc(N)ccc32)cc1OC. The van der Waals surface area contributed by atoms with E-state index in [1.54, 1.807) is 32.4 Å². The van der Waals surface area contributed by atoms with Gasteiger partial charge in [0.1, 0.15) is 17.4 Å². The van der Waals surface area contributed by atoms with E-state index in [2.05, 4.69) is 22.0 Å².